The molecule has 326 valence electrons. The van der Waals surface area contributed by atoms with E-state index < -0.39 is 25.3 Å². The lowest BCUT2D eigenvalue weighted by molar-refractivity contribution is 0.378. The highest BCUT2D eigenvalue weighted by atomic mass is 31.2. The van der Waals surface area contributed by atoms with Crippen molar-refractivity contribution in [3.05, 3.63) is 168 Å². The molecule has 1 unspecified atom stereocenters. The minimum atomic E-state index is -2.65. The standard InChI is InChI=1S/C53H64O6P2Si/c1-38(2)39-26-14-18-30-43(39)54-60(55-44-31-19-15-27-40(44)51(3,4)5)58-47-34-22-24-36-49(47)62(12,13)50-37-25-23-35-48(50)59-61(56-45-32-20-16-28-41(45)52(6,7)8)57-46-33-21-17-29-42(46)53(9,10)11/h14-38H,1-13H3. The maximum Gasteiger partial charge on any atom is 0.530 e. The molecule has 0 aliphatic heterocycles. The number of para-hydroxylation sites is 6. The van der Waals surface area contributed by atoms with Crippen LogP contribution in [-0.4, -0.2) is 8.07 Å². The molecule has 0 bridgehead atoms. The van der Waals surface area contributed by atoms with Crippen LogP contribution in [0.3, 0.4) is 0 Å². The van der Waals surface area contributed by atoms with Crippen LogP contribution in [0.4, 0.5) is 0 Å². The van der Waals surface area contributed by atoms with Crippen molar-refractivity contribution in [1.82, 2.24) is 0 Å². The zero-order valence-electron chi connectivity index (χ0n) is 38.8. The van der Waals surface area contributed by atoms with E-state index in [0.29, 0.717) is 11.5 Å². The van der Waals surface area contributed by atoms with Crippen molar-refractivity contribution in [3.63, 3.8) is 0 Å². The summed E-state index contributed by atoms with van der Waals surface area (Å²) in [5.74, 6) is 4.57. The molecular formula is C53H64O6P2Si. The van der Waals surface area contributed by atoms with Gasteiger partial charge in [0.05, 0.1) is 0 Å². The summed E-state index contributed by atoms with van der Waals surface area (Å²) in [7, 11) is -6.62. The molecule has 0 aliphatic rings. The topological polar surface area (TPSA) is 55.4 Å². The molecule has 0 radical (unpaired) electrons. The first kappa shape index (κ1) is 46.7. The van der Waals surface area contributed by atoms with Crippen LogP contribution in [0, 0.1) is 0 Å². The summed E-state index contributed by atoms with van der Waals surface area (Å²) in [6.07, 6.45) is 0. The molecule has 1 atom stereocenters. The Morgan fingerprint density at radius 1 is 0.355 bits per heavy atom. The van der Waals surface area contributed by atoms with E-state index in [2.05, 4.69) is 138 Å². The number of hydrogen-bond acceptors (Lipinski definition) is 6. The van der Waals surface area contributed by atoms with Crippen LogP contribution in [-0.2, 0) is 16.2 Å². The molecule has 0 saturated carbocycles. The summed E-state index contributed by atoms with van der Waals surface area (Å²) in [4.78, 5) is 0. The molecule has 0 spiro atoms. The quantitative estimate of drug-likeness (QED) is 0.0756. The van der Waals surface area contributed by atoms with Crippen molar-refractivity contribution in [2.45, 2.75) is 111 Å². The summed E-state index contributed by atoms with van der Waals surface area (Å²) >= 11 is 0. The highest BCUT2D eigenvalue weighted by Crippen LogP contribution is 2.49. The fourth-order valence-electron chi connectivity index (χ4n) is 7.40. The Morgan fingerprint density at radius 2 is 0.613 bits per heavy atom. The second kappa shape index (κ2) is 19.3. The van der Waals surface area contributed by atoms with Crippen molar-refractivity contribution in [2.24, 2.45) is 0 Å². The zero-order chi connectivity index (χ0) is 44.9. The number of rotatable bonds is 15. The van der Waals surface area contributed by atoms with E-state index in [1.807, 2.05) is 97.1 Å². The van der Waals surface area contributed by atoms with Crippen LogP contribution in [0.2, 0.25) is 13.1 Å². The molecule has 0 N–H and O–H groups in total. The molecule has 0 heterocycles. The van der Waals surface area contributed by atoms with Gasteiger partial charge in [-0.15, -0.1) is 0 Å². The molecule has 6 rings (SSSR count). The minimum Gasteiger partial charge on any atom is -0.409 e. The van der Waals surface area contributed by atoms with E-state index in [1.54, 1.807) is 0 Å². The predicted molar refractivity (Wildman–Crippen MR) is 263 cm³/mol. The van der Waals surface area contributed by atoms with Crippen LogP contribution in [0.15, 0.2) is 146 Å². The van der Waals surface area contributed by atoms with E-state index in [-0.39, 0.29) is 22.2 Å². The first-order valence-corrected chi connectivity index (χ1v) is 26.7. The van der Waals surface area contributed by atoms with E-state index in [0.717, 1.165) is 55.6 Å². The van der Waals surface area contributed by atoms with Gasteiger partial charge in [0, 0.05) is 16.7 Å². The smallest absolute Gasteiger partial charge is 0.409 e. The third kappa shape index (κ3) is 11.4. The van der Waals surface area contributed by atoms with Crippen molar-refractivity contribution < 1.29 is 27.1 Å². The number of benzene rings is 6. The average molecular weight is 887 g/mol. The Bertz CT molecular complexity index is 2370. The maximum absolute atomic E-state index is 7.03. The average Bonchev–Trinajstić information content (AvgIpc) is 3.20. The third-order valence-electron chi connectivity index (χ3n) is 10.8. The molecule has 0 saturated heterocycles. The molecule has 0 aromatic heterocycles. The van der Waals surface area contributed by atoms with Crippen LogP contribution in [0.5, 0.6) is 34.5 Å². The Morgan fingerprint density at radius 3 is 0.952 bits per heavy atom. The van der Waals surface area contributed by atoms with Gasteiger partial charge in [-0.3, -0.25) is 0 Å². The SMILES string of the molecule is CC(C)c1ccccc1OP(Oc1ccccc1C(C)(C)C)Oc1ccccc1[Si](C)(C)c1ccccc1OP(Oc1ccccc1C(C)(C)C)Oc1ccccc1C(C)(C)C. The summed E-state index contributed by atoms with van der Waals surface area (Å²) in [5.41, 5.74) is 3.79. The first-order chi connectivity index (χ1) is 29.2. The van der Waals surface area contributed by atoms with Gasteiger partial charge in [-0.2, -0.15) is 0 Å². The molecule has 9 heteroatoms. The third-order valence-corrected chi connectivity index (χ3v) is 16.4. The minimum absolute atomic E-state index is 0.166. The van der Waals surface area contributed by atoms with Crippen LogP contribution < -0.4 is 37.5 Å². The monoisotopic (exact) mass is 886 g/mol. The fourth-order valence-corrected chi connectivity index (χ4v) is 12.5. The summed E-state index contributed by atoms with van der Waals surface area (Å²) in [5, 5.41) is 2.14. The molecule has 6 aromatic rings. The second-order valence-corrected chi connectivity index (χ2v) is 25.9. The van der Waals surface area contributed by atoms with Gasteiger partial charge in [0.2, 0.25) is 0 Å². The fraction of sp³-hybridized carbons (Fsp3) is 0.321. The Kier molecular flexibility index (Phi) is 14.5. The van der Waals surface area contributed by atoms with Crippen molar-refractivity contribution in [2.75, 3.05) is 0 Å². The lowest BCUT2D eigenvalue weighted by Crippen LogP contribution is -2.53. The maximum atomic E-state index is 7.03. The normalized spacial score (nSPS) is 12.8. The zero-order valence-corrected chi connectivity index (χ0v) is 41.6. The van der Waals surface area contributed by atoms with Gasteiger partial charge in [0.25, 0.3) is 0 Å². The number of hydrogen-bond donors (Lipinski definition) is 0. The highest BCUT2D eigenvalue weighted by molar-refractivity contribution is 7.43. The molecular weight excluding hydrogens is 823 g/mol. The highest BCUT2D eigenvalue weighted by Gasteiger charge is 2.37. The van der Waals surface area contributed by atoms with E-state index in [4.69, 9.17) is 27.1 Å². The van der Waals surface area contributed by atoms with Gasteiger partial charge in [0.15, 0.2) is 0 Å². The van der Waals surface area contributed by atoms with E-state index in [1.165, 1.54) is 0 Å². The lowest BCUT2D eigenvalue weighted by Gasteiger charge is -2.30. The summed E-state index contributed by atoms with van der Waals surface area (Å²) in [6, 6.07) is 49.1. The van der Waals surface area contributed by atoms with E-state index >= 15 is 0 Å². The van der Waals surface area contributed by atoms with Crippen LogP contribution >= 0.6 is 17.2 Å². The molecule has 0 aliphatic carbocycles. The molecule has 0 fully saturated rings. The second-order valence-electron chi connectivity index (χ2n) is 19.5. The predicted octanol–water partition coefficient (Wildman–Crippen LogP) is 15.1. The lowest BCUT2D eigenvalue weighted by atomic mass is 9.86. The van der Waals surface area contributed by atoms with Gasteiger partial charge in [-0.25, -0.2) is 0 Å². The van der Waals surface area contributed by atoms with Crippen LogP contribution in [0.1, 0.15) is 104 Å². The molecule has 6 nitrogen and oxygen atoms in total. The summed E-state index contributed by atoms with van der Waals surface area (Å²) < 4.78 is 41.3. The van der Waals surface area contributed by atoms with Crippen LogP contribution in [0.25, 0.3) is 0 Å². The van der Waals surface area contributed by atoms with Gasteiger partial charge >= 0.3 is 17.2 Å². The van der Waals surface area contributed by atoms with Crippen molar-refractivity contribution in [3.8, 4) is 34.5 Å². The molecule has 0 amide bonds. The van der Waals surface area contributed by atoms with Crippen molar-refractivity contribution >= 4 is 35.7 Å². The van der Waals surface area contributed by atoms with Gasteiger partial charge in [-0.05, 0) is 74.5 Å². The Balaban J connectivity index is 1.40. The first-order valence-electron chi connectivity index (χ1n) is 21.5. The Hall–Kier alpha value is -4.80. The summed E-state index contributed by atoms with van der Waals surface area (Å²) in [6.45, 7) is 28.6. The van der Waals surface area contributed by atoms with Crippen molar-refractivity contribution in [1.29, 1.82) is 0 Å². The van der Waals surface area contributed by atoms with Gasteiger partial charge in [-0.1, -0.05) is 198 Å². The van der Waals surface area contributed by atoms with E-state index in [9.17, 15) is 0 Å². The molecule has 6 aromatic carbocycles. The Labute approximate surface area is 375 Å². The largest absolute Gasteiger partial charge is 0.530 e. The van der Waals surface area contributed by atoms with Gasteiger partial charge < -0.3 is 27.1 Å². The molecule has 62 heavy (non-hydrogen) atoms. The van der Waals surface area contributed by atoms with Gasteiger partial charge in [0.1, 0.15) is 42.6 Å².